The molecule has 2 aliphatic carbocycles. The number of nitrogens with zero attached hydrogens (tertiary/aromatic N) is 2. The van der Waals surface area contributed by atoms with Gasteiger partial charge in [0.1, 0.15) is 0 Å². The summed E-state index contributed by atoms with van der Waals surface area (Å²) < 4.78 is 5.36. The Hall–Kier alpha value is -5.21. The van der Waals surface area contributed by atoms with E-state index >= 15 is 4.79 Å². The number of methoxy groups -OCH3 is 1. The number of rotatable bonds is 5. The largest absolute Gasteiger partial charge is 0.504 e. The van der Waals surface area contributed by atoms with Crippen LogP contribution in [-0.2, 0) is 24.6 Å². The van der Waals surface area contributed by atoms with Crippen LogP contribution in [-0.4, -0.2) is 35.8 Å². The number of benzene rings is 4. The molecule has 4 aromatic carbocycles. The Balaban J connectivity index is 1.36. The third-order valence-corrected chi connectivity index (χ3v) is 11.0. The average molecular weight is 659 g/mol. The van der Waals surface area contributed by atoms with Crippen LogP contribution in [0.2, 0.25) is 5.02 Å². The van der Waals surface area contributed by atoms with Gasteiger partial charge in [0.25, 0.3) is 0 Å². The summed E-state index contributed by atoms with van der Waals surface area (Å²) in [5.74, 6) is -4.71. The molecule has 2 heterocycles. The van der Waals surface area contributed by atoms with Crippen LogP contribution in [0.15, 0.2) is 115 Å². The van der Waals surface area contributed by atoms with E-state index in [-0.39, 0.29) is 29.7 Å². The molecule has 4 amide bonds. The zero-order valence-corrected chi connectivity index (χ0v) is 26.7. The topological polar surface area (TPSA) is 104 Å². The summed E-state index contributed by atoms with van der Waals surface area (Å²) in [4.78, 5) is 60.8. The monoisotopic (exact) mass is 658 g/mol. The zero-order valence-electron chi connectivity index (χ0n) is 26.0. The molecule has 2 saturated heterocycles. The summed E-state index contributed by atoms with van der Waals surface area (Å²) in [6.45, 7) is 0. The van der Waals surface area contributed by atoms with Gasteiger partial charge in [0.15, 0.2) is 11.5 Å². The number of anilines is 2. The van der Waals surface area contributed by atoms with E-state index in [1.54, 1.807) is 66.7 Å². The van der Waals surface area contributed by atoms with Crippen molar-refractivity contribution in [2.45, 2.75) is 24.2 Å². The molecule has 1 N–H and O–H groups in total. The maximum atomic E-state index is 15.3. The van der Waals surface area contributed by atoms with Crippen LogP contribution in [0.5, 0.6) is 11.5 Å². The summed E-state index contributed by atoms with van der Waals surface area (Å²) in [6.07, 6.45) is 2.49. The number of hydrogen-bond acceptors (Lipinski definition) is 6. The molecule has 6 atom stereocenters. The Morgan fingerprint density at radius 3 is 2.17 bits per heavy atom. The highest BCUT2D eigenvalue weighted by atomic mass is 35.5. The van der Waals surface area contributed by atoms with E-state index in [1.165, 1.54) is 16.9 Å². The van der Waals surface area contributed by atoms with E-state index in [4.69, 9.17) is 16.3 Å². The fourth-order valence-corrected chi connectivity index (χ4v) is 9.02. The minimum atomic E-state index is -1.43. The lowest BCUT2D eigenvalue weighted by Crippen LogP contribution is -2.53. The molecule has 48 heavy (non-hydrogen) atoms. The molecule has 4 aromatic rings. The van der Waals surface area contributed by atoms with Gasteiger partial charge in [-0.2, -0.15) is 0 Å². The molecular formula is C39H31ClN2O6. The summed E-state index contributed by atoms with van der Waals surface area (Å²) >= 11 is 6.38. The van der Waals surface area contributed by atoms with Gasteiger partial charge in [0.2, 0.25) is 23.6 Å². The SMILES string of the molecule is COc1ccc([C@H]2C3=CC[C@@H]4C(=O)N(c5ccccc5)C(=O)[C@@H]4[C@@H]3C[C@H]3C(=O)N(c4cccc(Cl)c4)C(=O)[C@@]23c2ccccc2)cc1O. The van der Waals surface area contributed by atoms with E-state index in [9.17, 15) is 19.5 Å². The van der Waals surface area contributed by atoms with Crippen molar-refractivity contribution in [2.75, 3.05) is 16.9 Å². The van der Waals surface area contributed by atoms with Crippen molar-refractivity contribution < 1.29 is 29.0 Å². The third kappa shape index (κ3) is 4.15. The second-order valence-corrected chi connectivity index (χ2v) is 13.3. The summed E-state index contributed by atoms with van der Waals surface area (Å²) in [7, 11) is 1.46. The summed E-state index contributed by atoms with van der Waals surface area (Å²) in [5.41, 5.74) is 1.50. The zero-order chi connectivity index (χ0) is 33.3. The molecule has 0 unspecified atom stereocenters. The van der Waals surface area contributed by atoms with Crippen LogP contribution in [0.4, 0.5) is 11.4 Å². The first-order valence-electron chi connectivity index (χ1n) is 16.0. The fraction of sp³-hybridized carbons (Fsp3) is 0.231. The standard InChI is InChI=1S/C39H31ClN2O6/c1-48-32-18-15-22(19-31(32)43)34-27-16-17-28-33(37(46)41(35(28)44)25-12-6-3-7-13-25)29(27)21-30-36(45)42(26-14-8-11-24(40)20-26)38(47)39(30,34)23-9-4-2-5-10-23/h2-16,18-20,28-30,33-34,43H,17,21H2,1H3/t28-,29+,30-,33-,34-,39+/m0/s1. The smallest absolute Gasteiger partial charge is 0.246 e. The number of imide groups is 2. The average Bonchev–Trinajstić information content (AvgIpc) is 3.49. The van der Waals surface area contributed by atoms with Crippen molar-refractivity contribution in [1.82, 2.24) is 0 Å². The van der Waals surface area contributed by atoms with Crippen molar-refractivity contribution in [3.8, 4) is 11.5 Å². The van der Waals surface area contributed by atoms with Gasteiger partial charge in [-0.3, -0.25) is 24.1 Å². The first-order chi connectivity index (χ1) is 23.3. The first-order valence-corrected chi connectivity index (χ1v) is 16.3. The number of phenolic OH excluding ortho intramolecular Hbond substituents is 1. The predicted molar refractivity (Wildman–Crippen MR) is 180 cm³/mol. The highest BCUT2D eigenvalue weighted by molar-refractivity contribution is 6.32. The number of halogens is 1. The lowest BCUT2D eigenvalue weighted by Gasteiger charge is -2.50. The maximum Gasteiger partial charge on any atom is 0.246 e. The summed E-state index contributed by atoms with van der Waals surface area (Å²) in [6, 6.07) is 29.9. The van der Waals surface area contributed by atoms with Crippen LogP contribution in [0, 0.1) is 23.7 Å². The van der Waals surface area contributed by atoms with E-state index in [1.807, 2.05) is 42.5 Å². The van der Waals surface area contributed by atoms with Crippen LogP contribution in [0.25, 0.3) is 0 Å². The van der Waals surface area contributed by atoms with Crippen molar-refractivity contribution >= 4 is 46.6 Å². The number of carbonyl (C=O) groups is 4. The van der Waals surface area contributed by atoms with Crippen LogP contribution in [0.3, 0.4) is 0 Å². The molecule has 3 fully saturated rings. The van der Waals surface area contributed by atoms with Gasteiger partial charge >= 0.3 is 0 Å². The van der Waals surface area contributed by atoms with Crippen molar-refractivity contribution in [3.63, 3.8) is 0 Å². The molecule has 0 aromatic heterocycles. The van der Waals surface area contributed by atoms with Crippen molar-refractivity contribution in [3.05, 3.63) is 131 Å². The number of hydrogen-bond donors (Lipinski definition) is 1. The number of allylic oxidation sites excluding steroid dienone is 2. The van der Waals surface area contributed by atoms with E-state index in [2.05, 4.69) is 0 Å². The number of carbonyl (C=O) groups excluding carboxylic acids is 4. The number of fused-ring (bicyclic) bond motifs is 4. The second-order valence-electron chi connectivity index (χ2n) is 12.9. The van der Waals surface area contributed by atoms with Gasteiger partial charge in [-0.05, 0) is 72.4 Å². The molecule has 0 bridgehead atoms. The Morgan fingerprint density at radius 2 is 1.48 bits per heavy atom. The lowest BCUT2D eigenvalue weighted by molar-refractivity contribution is -0.127. The van der Waals surface area contributed by atoms with Crippen molar-refractivity contribution in [1.29, 1.82) is 0 Å². The number of aromatic hydroxyl groups is 1. The van der Waals surface area contributed by atoms with Gasteiger partial charge < -0.3 is 9.84 Å². The molecule has 0 spiro atoms. The van der Waals surface area contributed by atoms with Crippen molar-refractivity contribution in [2.24, 2.45) is 23.7 Å². The third-order valence-electron chi connectivity index (χ3n) is 10.7. The number of phenols is 1. The normalized spacial score (nSPS) is 27.8. The van der Waals surface area contributed by atoms with Gasteiger partial charge in [0.05, 0.1) is 41.7 Å². The Kier molecular flexibility index (Phi) is 7.03. The molecule has 8 nitrogen and oxygen atoms in total. The maximum absolute atomic E-state index is 15.3. The van der Waals surface area contributed by atoms with Crippen LogP contribution >= 0.6 is 11.6 Å². The highest BCUT2D eigenvalue weighted by Gasteiger charge is 2.70. The van der Waals surface area contributed by atoms with Gasteiger partial charge in [0, 0.05) is 10.9 Å². The molecule has 240 valence electrons. The predicted octanol–water partition coefficient (Wildman–Crippen LogP) is 6.42. The Bertz CT molecular complexity index is 2030. The molecule has 2 aliphatic heterocycles. The lowest BCUT2D eigenvalue weighted by atomic mass is 9.49. The van der Waals surface area contributed by atoms with Crippen LogP contribution in [0.1, 0.15) is 29.9 Å². The number of para-hydroxylation sites is 1. The number of ether oxygens (including phenoxy) is 1. The van der Waals surface area contributed by atoms with E-state index < -0.39 is 46.8 Å². The molecule has 4 aliphatic rings. The quantitative estimate of drug-likeness (QED) is 0.196. The second kappa shape index (κ2) is 11.2. The van der Waals surface area contributed by atoms with Gasteiger partial charge in [-0.15, -0.1) is 0 Å². The van der Waals surface area contributed by atoms with Gasteiger partial charge in [-0.25, -0.2) is 4.90 Å². The molecule has 8 rings (SSSR count). The Morgan fingerprint density at radius 1 is 0.771 bits per heavy atom. The minimum absolute atomic E-state index is 0.114. The minimum Gasteiger partial charge on any atom is -0.504 e. The van der Waals surface area contributed by atoms with E-state index in [0.717, 1.165) is 5.57 Å². The fourth-order valence-electron chi connectivity index (χ4n) is 8.84. The summed E-state index contributed by atoms with van der Waals surface area (Å²) in [5, 5.41) is 11.4. The number of amides is 4. The first kappa shape index (κ1) is 30.1. The highest BCUT2D eigenvalue weighted by Crippen LogP contribution is 2.64. The van der Waals surface area contributed by atoms with E-state index in [0.29, 0.717) is 33.9 Å². The molecule has 9 heteroatoms. The molecule has 0 radical (unpaired) electrons. The van der Waals surface area contributed by atoms with Crippen LogP contribution < -0.4 is 14.5 Å². The Labute approximate surface area is 282 Å². The van der Waals surface area contributed by atoms with Gasteiger partial charge in [-0.1, -0.05) is 83.9 Å². The molecular weight excluding hydrogens is 628 g/mol. The molecule has 1 saturated carbocycles.